The molecule has 0 spiro atoms. The van der Waals surface area contributed by atoms with Gasteiger partial charge in [-0.15, -0.1) is 0 Å². The van der Waals surface area contributed by atoms with E-state index in [4.69, 9.17) is 14.2 Å². The van der Waals surface area contributed by atoms with Crippen molar-refractivity contribution in [3.8, 4) is 0 Å². The van der Waals surface area contributed by atoms with Crippen molar-refractivity contribution in [2.45, 2.75) is 45.0 Å². The number of ether oxygens (including phenoxy) is 3. The average molecular weight is 344 g/mol. The molecule has 25 heavy (non-hydrogen) atoms. The molecule has 0 aliphatic carbocycles. The van der Waals surface area contributed by atoms with Crippen LogP contribution < -0.4 is 0 Å². The van der Waals surface area contributed by atoms with Crippen molar-refractivity contribution in [1.82, 2.24) is 0 Å². The number of carbonyl (C=O) groups excluding carboxylic acids is 3. The Bertz CT molecular complexity index is 771. The highest BCUT2D eigenvalue weighted by Gasteiger charge is 2.51. The second-order valence-electron chi connectivity index (χ2n) is 6.90. The minimum absolute atomic E-state index is 0.0861. The number of rotatable bonds is 2. The highest BCUT2D eigenvalue weighted by atomic mass is 16.6. The Morgan fingerprint density at radius 2 is 2.08 bits per heavy atom. The minimum Gasteiger partial charge on any atom is -0.479 e. The maximum absolute atomic E-state index is 12.4. The van der Waals surface area contributed by atoms with Crippen LogP contribution in [-0.4, -0.2) is 35.5 Å². The predicted molar refractivity (Wildman–Crippen MR) is 88.2 cm³/mol. The van der Waals surface area contributed by atoms with E-state index in [1.807, 2.05) is 0 Å². The Hall–Kier alpha value is -2.63. The fourth-order valence-electron chi connectivity index (χ4n) is 3.30. The summed E-state index contributed by atoms with van der Waals surface area (Å²) in [5.41, 5.74) is -0.0508. The van der Waals surface area contributed by atoms with Gasteiger partial charge in [0.25, 0.3) is 0 Å². The fourth-order valence-corrected chi connectivity index (χ4v) is 3.30. The van der Waals surface area contributed by atoms with E-state index < -0.39 is 35.7 Å². The number of ketones is 1. The van der Waals surface area contributed by atoms with Crippen LogP contribution in [0.1, 0.15) is 27.2 Å². The molecule has 6 heteroatoms. The zero-order valence-electron chi connectivity index (χ0n) is 14.5. The number of fused-ring (bicyclic) bond motifs is 3. The summed E-state index contributed by atoms with van der Waals surface area (Å²) < 4.78 is 16.8. The number of allylic oxidation sites excluding steroid dienone is 1. The summed E-state index contributed by atoms with van der Waals surface area (Å²) in [6.07, 6.45) is 1.78. The molecule has 132 valence electrons. The molecule has 0 unspecified atom stereocenters. The van der Waals surface area contributed by atoms with Crippen molar-refractivity contribution in [3.05, 3.63) is 47.8 Å². The molecule has 0 aromatic rings. The van der Waals surface area contributed by atoms with Crippen molar-refractivity contribution < 1.29 is 28.6 Å². The lowest BCUT2D eigenvalue weighted by Gasteiger charge is -2.31. The third kappa shape index (κ3) is 2.81. The maximum Gasteiger partial charge on any atom is 0.334 e. The first-order valence-electron chi connectivity index (χ1n) is 8.02. The molecule has 3 rings (SSSR count). The molecule has 0 saturated carbocycles. The molecule has 1 fully saturated rings. The van der Waals surface area contributed by atoms with E-state index in [9.17, 15) is 14.4 Å². The first-order valence-corrected chi connectivity index (χ1v) is 8.02. The van der Waals surface area contributed by atoms with E-state index in [0.29, 0.717) is 11.3 Å². The second kappa shape index (κ2) is 5.72. The molecule has 6 nitrogen and oxygen atoms in total. The normalized spacial score (nSPS) is 36.0. The maximum atomic E-state index is 12.4. The Morgan fingerprint density at radius 3 is 2.72 bits per heavy atom. The van der Waals surface area contributed by atoms with E-state index in [1.54, 1.807) is 19.9 Å². The molecule has 1 saturated heterocycles. The topological polar surface area (TPSA) is 78.9 Å². The summed E-state index contributed by atoms with van der Waals surface area (Å²) in [5, 5.41) is 0. The van der Waals surface area contributed by atoms with Gasteiger partial charge in [0.1, 0.15) is 18.0 Å². The molecule has 0 aromatic heterocycles. The summed E-state index contributed by atoms with van der Waals surface area (Å²) in [7, 11) is 0. The van der Waals surface area contributed by atoms with E-state index in [0.717, 1.165) is 0 Å². The standard InChI is InChI=1S/C19H20O6/c1-9(2)17(21)24-14-8-19(5)15(20)7-12(25-19)10(3)6-13-16(14)11(4)18(22)23-13/h6-7,13-14,16H,1,4,8H2,2-3,5H3/b10-6-/t13-,14+,16-,19+/m0/s1. The SMILES string of the molecule is C=C(C)C(=O)O[C@@H]1C[C@@]2(C)OC(=CC2=O)/C(C)=C\[C@@H]2OC(=O)C(=C)[C@@H]21. The first-order chi connectivity index (χ1) is 11.6. The van der Waals surface area contributed by atoms with Crippen molar-refractivity contribution in [3.63, 3.8) is 0 Å². The van der Waals surface area contributed by atoms with Gasteiger partial charge in [0.05, 0.1) is 5.92 Å². The van der Waals surface area contributed by atoms with Gasteiger partial charge in [-0.3, -0.25) is 4.79 Å². The van der Waals surface area contributed by atoms with Gasteiger partial charge in [-0.25, -0.2) is 9.59 Å². The monoisotopic (exact) mass is 344 g/mol. The number of carbonyl (C=O) groups is 3. The number of hydrogen-bond donors (Lipinski definition) is 0. The van der Waals surface area contributed by atoms with Crippen LogP contribution in [0.5, 0.6) is 0 Å². The van der Waals surface area contributed by atoms with Crippen molar-refractivity contribution >= 4 is 17.7 Å². The minimum atomic E-state index is -1.18. The second-order valence-corrected chi connectivity index (χ2v) is 6.90. The van der Waals surface area contributed by atoms with Crippen molar-refractivity contribution in [1.29, 1.82) is 0 Å². The van der Waals surface area contributed by atoms with E-state index >= 15 is 0 Å². The summed E-state index contributed by atoms with van der Waals surface area (Å²) in [6, 6.07) is 0. The lowest BCUT2D eigenvalue weighted by molar-refractivity contribution is -0.153. The van der Waals surface area contributed by atoms with Gasteiger partial charge in [-0.05, 0) is 32.4 Å². The lowest BCUT2D eigenvalue weighted by atomic mass is 9.82. The third-order valence-corrected chi connectivity index (χ3v) is 4.78. The zero-order chi connectivity index (χ0) is 18.5. The Balaban J connectivity index is 2.07. The molecule has 0 radical (unpaired) electrons. The molecule has 3 aliphatic rings. The number of hydrogen-bond acceptors (Lipinski definition) is 6. The highest BCUT2D eigenvalue weighted by molar-refractivity contribution is 6.00. The van der Waals surface area contributed by atoms with Crippen LogP contribution in [0.4, 0.5) is 0 Å². The van der Waals surface area contributed by atoms with Crippen LogP contribution in [0.2, 0.25) is 0 Å². The van der Waals surface area contributed by atoms with Crippen molar-refractivity contribution in [2.24, 2.45) is 5.92 Å². The summed E-state index contributed by atoms with van der Waals surface area (Å²) >= 11 is 0. The number of esters is 2. The molecular formula is C19H20O6. The molecule has 4 atom stereocenters. The van der Waals surface area contributed by atoms with Gasteiger partial charge >= 0.3 is 11.9 Å². The molecule has 2 bridgehead atoms. The van der Waals surface area contributed by atoms with Crippen LogP contribution in [0, 0.1) is 5.92 Å². The molecule has 3 heterocycles. The van der Waals surface area contributed by atoms with Gasteiger partial charge in [-0.2, -0.15) is 0 Å². The van der Waals surface area contributed by atoms with Gasteiger partial charge in [0, 0.05) is 23.6 Å². The largest absolute Gasteiger partial charge is 0.479 e. The van der Waals surface area contributed by atoms with Crippen molar-refractivity contribution in [2.75, 3.05) is 0 Å². The third-order valence-electron chi connectivity index (χ3n) is 4.78. The van der Waals surface area contributed by atoms with Gasteiger partial charge in [0.2, 0.25) is 5.78 Å². The Kier molecular flexibility index (Phi) is 3.94. The van der Waals surface area contributed by atoms with Crippen LogP contribution in [0.15, 0.2) is 47.8 Å². The smallest absolute Gasteiger partial charge is 0.334 e. The van der Waals surface area contributed by atoms with Crippen LogP contribution in [-0.2, 0) is 28.6 Å². The Labute approximate surface area is 145 Å². The molecule has 3 aliphatic heterocycles. The molecular weight excluding hydrogens is 324 g/mol. The quantitative estimate of drug-likeness (QED) is 0.564. The van der Waals surface area contributed by atoms with Crippen LogP contribution >= 0.6 is 0 Å². The van der Waals surface area contributed by atoms with E-state index in [1.165, 1.54) is 13.0 Å². The van der Waals surface area contributed by atoms with Gasteiger partial charge in [0.15, 0.2) is 5.60 Å². The van der Waals surface area contributed by atoms with E-state index in [-0.39, 0.29) is 23.4 Å². The summed E-state index contributed by atoms with van der Waals surface area (Å²) in [5.74, 6) is -1.49. The fraction of sp³-hybridized carbons (Fsp3) is 0.421. The lowest BCUT2D eigenvalue weighted by Crippen LogP contribution is -2.42. The van der Waals surface area contributed by atoms with Crippen LogP contribution in [0.3, 0.4) is 0 Å². The molecule has 0 aromatic carbocycles. The summed E-state index contributed by atoms with van der Waals surface area (Å²) in [6.45, 7) is 12.3. The highest BCUT2D eigenvalue weighted by Crippen LogP contribution is 2.42. The predicted octanol–water partition coefficient (Wildman–Crippen LogP) is 2.16. The van der Waals surface area contributed by atoms with Gasteiger partial charge < -0.3 is 14.2 Å². The average Bonchev–Trinajstić information content (AvgIpc) is 2.96. The van der Waals surface area contributed by atoms with E-state index in [2.05, 4.69) is 13.2 Å². The van der Waals surface area contributed by atoms with Crippen LogP contribution in [0.25, 0.3) is 0 Å². The summed E-state index contributed by atoms with van der Waals surface area (Å²) in [4.78, 5) is 36.6. The molecule has 0 amide bonds. The van der Waals surface area contributed by atoms with Gasteiger partial charge in [-0.1, -0.05) is 13.2 Å². The first kappa shape index (κ1) is 17.2. The zero-order valence-corrected chi connectivity index (χ0v) is 14.5. The Morgan fingerprint density at radius 1 is 1.40 bits per heavy atom. The molecule has 0 N–H and O–H groups in total.